The molecule has 0 heterocycles. The lowest BCUT2D eigenvalue weighted by Gasteiger charge is -2.58. The Morgan fingerprint density at radius 1 is 0.633 bits per heavy atom. The summed E-state index contributed by atoms with van der Waals surface area (Å²) in [7, 11) is 0. The first-order chi connectivity index (χ1) is 14.3. The van der Waals surface area contributed by atoms with Gasteiger partial charge in [-0.15, -0.1) is 0 Å². The Hall–Kier alpha value is 0. The second kappa shape index (κ2) is 9.09. The average molecular weight is 415 g/mol. The maximum Gasteiger partial charge on any atom is -0.0292 e. The Bertz CT molecular complexity index is 544. The van der Waals surface area contributed by atoms with Crippen molar-refractivity contribution in [2.24, 2.45) is 45.8 Å². The van der Waals surface area contributed by atoms with E-state index in [0.29, 0.717) is 16.2 Å². The van der Waals surface area contributed by atoms with Gasteiger partial charge in [-0.3, -0.25) is 0 Å². The fraction of sp³-hybridized carbons (Fsp3) is 1.00. The van der Waals surface area contributed by atoms with Gasteiger partial charge in [-0.05, 0) is 97.2 Å². The van der Waals surface area contributed by atoms with Gasteiger partial charge in [0.25, 0.3) is 0 Å². The van der Waals surface area contributed by atoms with E-state index < -0.39 is 0 Å². The number of hydrogen-bond acceptors (Lipinski definition) is 0. The van der Waals surface area contributed by atoms with Crippen LogP contribution in [0, 0.1) is 45.8 Å². The lowest BCUT2D eigenvalue weighted by Crippen LogP contribution is -2.50. The summed E-state index contributed by atoms with van der Waals surface area (Å²) in [5.74, 6) is 4.90. The molecule has 4 aliphatic rings. The summed E-state index contributed by atoms with van der Waals surface area (Å²) >= 11 is 0. The van der Waals surface area contributed by atoms with Crippen LogP contribution in [0.4, 0.5) is 0 Å². The van der Waals surface area contributed by atoms with Gasteiger partial charge < -0.3 is 0 Å². The van der Waals surface area contributed by atoms with Crippen LogP contribution in [-0.2, 0) is 0 Å². The monoisotopic (exact) mass is 414 g/mol. The molecule has 0 aromatic carbocycles. The van der Waals surface area contributed by atoms with Crippen LogP contribution < -0.4 is 0 Å². The Balaban J connectivity index is 1.60. The zero-order chi connectivity index (χ0) is 21.4. The van der Waals surface area contributed by atoms with Gasteiger partial charge in [0.05, 0.1) is 0 Å². The Morgan fingerprint density at radius 3 is 1.83 bits per heavy atom. The van der Waals surface area contributed by atoms with Crippen molar-refractivity contribution in [2.45, 2.75) is 144 Å². The van der Waals surface area contributed by atoms with Crippen molar-refractivity contribution in [3.8, 4) is 0 Å². The van der Waals surface area contributed by atoms with E-state index in [4.69, 9.17) is 0 Å². The highest BCUT2D eigenvalue weighted by atomic mass is 14.6. The van der Waals surface area contributed by atoms with Crippen molar-refractivity contribution in [1.82, 2.24) is 0 Å². The van der Waals surface area contributed by atoms with Crippen molar-refractivity contribution in [1.29, 1.82) is 0 Å². The summed E-state index contributed by atoms with van der Waals surface area (Å²) in [5.41, 5.74) is 1.79. The average Bonchev–Trinajstić information content (AvgIpc) is 2.73. The fourth-order valence-electron chi connectivity index (χ4n) is 9.48. The number of hydrogen-bond donors (Lipinski definition) is 0. The van der Waals surface area contributed by atoms with E-state index in [1.807, 2.05) is 0 Å². The minimum Gasteiger partial charge on any atom is -0.0620 e. The lowest BCUT2D eigenvalue weighted by atomic mass is 9.47. The normalized spacial score (nSPS) is 37.7. The predicted octanol–water partition coefficient (Wildman–Crippen LogP) is 9.81. The Kier molecular flexibility index (Phi) is 7.02. The van der Waals surface area contributed by atoms with Crippen molar-refractivity contribution in [3.63, 3.8) is 0 Å². The maximum absolute atomic E-state index is 2.75. The quantitative estimate of drug-likeness (QED) is 0.420. The Morgan fingerprint density at radius 2 is 1.20 bits per heavy atom. The van der Waals surface area contributed by atoms with Gasteiger partial charge in [0.1, 0.15) is 0 Å². The highest BCUT2D eigenvalue weighted by molar-refractivity contribution is 5.02. The van der Waals surface area contributed by atoms with Crippen LogP contribution in [-0.4, -0.2) is 0 Å². The molecule has 0 aromatic rings. The second-order valence-corrected chi connectivity index (χ2v) is 13.8. The smallest absolute Gasteiger partial charge is 0.0292 e. The summed E-state index contributed by atoms with van der Waals surface area (Å²) in [6.07, 6.45) is 25.7. The molecule has 30 heavy (non-hydrogen) atoms. The number of fused-ring (bicyclic) bond motifs is 1. The van der Waals surface area contributed by atoms with E-state index in [1.54, 1.807) is 6.42 Å². The van der Waals surface area contributed by atoms with Crippen LogP contribution in [0.2, 0.25) is 0 Å². The molecular formula is C30H54. The second-order valence-electron chi connectivity index (χ2n) is 13.8. The third-order valence-corrected chi connectivity index (χ3v) is 11.8. The van der Waals surface area contributed by atoms with Crippen LogP contribution in [0.15, 0.2) is 0 Å². The zero-order valence-electron chi connectivity index (χ0n) is 21.4. The lowest BCUT2D eigenvalue weighted by molar-refractivity contribution is -0.0889. The van der Waals surface area contributed by atoms with E-state index in [1.165, 1.54) is 103 Å². The van der Waals surface area contributed by atoms with Crippen molar-refractivity contribution >= 4 is 0 Å². The maximum atomic E-state index is 2.75. The van der Waals surface area contributed by atoms with Crippen LogP contribution in [0.5, 0.6) is 0 Å². The van der Waals surface area contributed by atoms with Crippen LogP contribution in [0.1, 0.15) is 144 Å². The van der Waals surface area contributed by atoms with Crippen molar-refractivity contribution < 1.29 is 0 Å². The van der Waals surface area contributed by atoms with E-state index in [2.05, 4.69) is 34.6 Å². The largest absolute Gasteiger partial charge is 0.0620 e. The molecule has 4 fully saturated rings. The molecule has 174 valence electrons. The minimum atomic E-state index is 0.557. The molecule has 4 rings (SSSR count). The highest BCUT2D eigenvalue weighted by Crippen LogP contribution is 2.61. The SMILES string of the molecule is CC(CC(C1CCC2CCCCC2C1(C)C)C1(C)CCCCC1)C1(C)CCCCC1. The van der Waals surface area contributed by atoms with Gasteiger partial charge >= 0.3 is 0 Å². The molecule has 0 heteroatoms. The first kappa shape index (κ1) is 23.2. The molecule has 5 atom stereocenters. The third-order valence-electron chi connectivity index (χ3n) is 11.8. The first-order valence-corrected chi connectivity index (χ1v) is 14.3. The molecule has 0 saturated heterocycles. The van der Waals surface area contributed by atoms with Crippen molar-refractivity contribution in [3.05, 3.63) is 0 Å². The number of rotatable bonds is 5. The molecule has 0 N–H and O–H groups in total. The standard InChI is InChI=1S/C30H54/c1-23(29(4)18-10-6-11-19-29)22-27(30(5)20-12-7-13-21-30)26-17-16-24-14-8-9-15-25(24)28(26,2)3/h23-27H,6-22H2,1-5H3. The molecule has 4 saturated carbocycles. The van der Waals surface area contributed by atoms with Crippen molar-refractivity contribution in [2.75, 3.05) is 0 Å². The Labute approximate surface area is 189 Å². The van der Waals surface area contributed by atoms with Crippen LogP contribution >= 0.6 is 0 Å². The van der Waals surface area contributed by atoms with E-state index in [0.717, 1.165) is 29.6 Å². The summed E-state index contributed by atoms with van der Waals surface area (Å²) in [6.45, 7) is 13.5. The summed E-state index contributed by atoms with van der Waals surface area (Å²) in [4.78, 5) is 0. The van der Waals surface area contributed by atoms with Gasteiger partial charge in [0, 0.05) is 0 Å². The van der Waals surface area contributed by atoms with Crippen LogP contribution in [0.25, 0.3) is 0 Å². The highest BCUT2D eigenvalue weighted by Gasteiger charge is 2.52. The van der Waals surface area contributed by atoms with Gasteiger partial charge in [0.2, 0.25) is 0 Å². The molecule has 0 bridgehead atoms. The van der Waals surface area contributed by atoms with Gasteiger partial charge in [-0.1, -0.05) is 92.4 Å². The molecular weight excluding hydrogens is 360 g/mol. The zero-order valence-corrected chi connectivity index (χ0v) is 21.4. The summed E-state index contributed by atoms with van der Waals surface area (Å²) < 4.78 is 0. The van der Waals surface area contributed by atoms with Crippen LogP contribution in [0.3, 0.4) is 0 Å². The molecule has 0 aromatic heterocycles. The minimum absolute atomic E-state index is 0.557. The summed E-state index contributed by atoms with van der Waals surface area (Å²) in [5, 5.41) is 0. The summed E-state index contributed by atoms with van der Waals surface area (Å²) in [6, 6.07) is 0. The topological polar surface area (TPSA) is 0 Å². The van der Waals surface area contributed by atoms with E-state index in [9.17, 15) is 0 Å². The predicted molar refractivity (Wildman–Crippen MR) is 132 cm³/mol. The molecule has 0 nitrogen and oxygen atoms in total. The molecule has 0 spiro atoms. The van der Waals surface area contributed by atoms with E-state index in [-0.39, 0.29) is 0 Å². The first-order valence-electron chi connectivity index (χ1n) is 14.3. The third kappa shape index (κ3) is 4.41. The molecule has 4 aliphatic carbocycles. The van der Waals surface area contributed by atoms with Gasteiger partial charge in [0.15, 0.2) is 0 Å². The molecule has 0 aliphatic heterocycles. The molecule has 0 radical (unpaired) electrons. The fourth-order valence-corrected chi connectivity index (χ4v) is 9.48. The molecule has 5 unspecified atom stereocenters. The molecule has 0 amide bonds. The van der Waals surface area contributed by atoms with E-state index >= 15 is 0 Å². The van der Waals surface area contributed by atoms with Gasteiger partial charge in [-0.25, -0.2) is 0 Å². The van der Waals surface area contributed by atoms with Gasteiger partial charge in [-0.2, -0.15) is 0 Å².